The predicted molar refractivity (Wildman–Crippen MR) is 221 cm³/mol. The smallest absolute Gasteiger partial charge is 0.493 e. The van der Waals surface area contributed by atoms with Gasteiger partial charge < -0.3 is 23.5 Å². The second kappa shape index (κ2) is 27.3. The Morgan fingerprint density at radius 1 is 0.491 bits per heavy atom. The molecule has 0 heterocycles. The standard InChI is InChI=1S/C46H70O6S/c1-4-7-10-13-16-19-28-35-49-40-38-43(50-36-29-20-17-14-11-8-5-2)45(44(39-40)51-37-30-21-18-15-12-9-6-3)53(52-46(47)48,41-31-24-22-25-32-41)42-33-26-23-27-34-42/h22-27,31-34,38-39H,4-21,28-30,35-37H2,1-3H3,(H,47,48). The number of unbranched alkanes of at least 4 members (excludes halogenated alkanes) is 18. The van der Waals surface area contributed by atoms with Gasteiger partial charge in [0.1, 0.15) is 22.1 Å². The van der Waals surface area contributed by atoms with Gasteiger partial charge in [-0.25, -0.2) is 4.79 Å². The minimum absolute atomic E-state index is 0.505. The minimum Gasteiger partial charge on any atom is -0.493 e. The SMILES string of the molecule is CCCCCCCCCOc1cc(OCCCCCCCCC)c(S(OC(=O)O)(c2ccccc2)c2ccccc2)c(OCCCCCCCCC)c1. The molecule has 0 spiro atoms. The topological polar surface area (TPSA) is 74.2 Å². The first-order valence-electron chi connectivity index (χ1n) is 21.0. The summed E-state index contributed by atoms with van der Waals surface area (Å²) in [5.74, 6) is 1.80. The second-order valence-corrected chi connectivity index (χ2v) is 16.8. The van der Waals surface area contributed by atoms with E-state index in [0.717, 1.165) is 48.3 Å². The zero-order chi connectivity index (χ0) is 37.8. The fraction of sp³-hybridized carbons (Fsp3) is 0.587. The van der Waals surface area contributed by atoms with Crippen LogP contribution < -0.4 is 14.2 Å². The van der Waals surface area contributed by atoms with Crippen molar-refractivity contribution in [1.29, 1.82) is 0 Å². The first-order chi connectivity index (χ1) is 26.1. The molecular formula is C46H70O6S. The van der Waals surface area contributed by atoms with Crippen molar-refractivity contribution in [2.75, 3.05) is 19.8 Å². The summed E-state index contributed by atoms with van der Waals surface area (Å²) in [6.45, 7) is 8.34. The first kappa shape index (κ1) is 44.1. The van der Waals surface area contributed by atoms with Crippen LogP contribution in [0.4, 0.5) is 4.79 Å². The van der Waals surface area contributed by atoms with E-state index in [1.807, 2.05) is 72.8 Å². The van der Waals surface area contributed by atoms with Crippen molar-refractivity contribution in [2.24, 2.45) is 0 Å². The van der Waals surface area contributed by atoms with E-state index in [0.29, 0.717) is 42.0 Å². The fourth-order valence-electron chi connectivity index (χ4n) is 6.71. The van der Waals surface area contributed by atoms with Crippen LogP contribution in [0.25, 0.3) is 0 Å². The number of ether oxygens (including phenoxy) is 3. The zero-order valence-electron chi connectivity index (χ0n) is 33.3. The second-order valence-electron chi connectivity index (χ2n) is 14.2. The molecular weight excluding hydrogens is 681 g/mol. The van der Waals surface area contributed by atoms with Crippen LogP contribution in [0.15, 0.2) is 87.5 Å². The summed E-state index contributed by atoms with van der Waals surface area (Å²) in [4.78, 5) is 15.0. The molecule has 296 valence electrons. The highest BCUT2D eigenvalue weighted by atomic mass is 32.3. The van der Waals surface area contributed by atoms with Crippen LogP contribution in [-0.4, -0.2) is 31.1 Å². The molecule has 0 aliphatic heterocycles. The van der Waals surface area contributed by atoms with Crippen LogP contribution in [0.5, 0.6) is 17.2 Å². The summed E-state index contributed by atoms with van der Waals surface area (Å²) < 4.78 is 26.1. The average molecular weight is 751 g/mol. The maximum atomic E-state index is 12.8. The Bertz CT molecular complexity index is 1280. The Kier molecular flexibility index (Phi) is 22.7. The lowest BCUT2D eigenvalue weighted by molar-refractivity contribution is 0.150. The van der Waals surface area contributed by atoms with Gasteiger partial charge in [-0.15, -0.1) is 0 Å². The summed E-state index contributed by atoms with van der Waals surface area (Å²) in [7, 11) is -2.87. The fourth-order valence-corrected chi connectivity index (χ4v) is 9.82. The highest BCUT2D eigenvalue weighted by molar-refractivity contribution is 8.30. The number of hydrogen-bond donors (Lipinski definition) is 1. The highest BCUT2D eigenvalue weighted by Gasteiger charge is 2.41. The number of hydrogen-bond acceptors (Lipinski definition) is 5. The van der Waals surface area contributed by atoms with Gasteiger partial charge in [-0.2, -0.15) is 0 Å². The van der Waals surface area contributed by atoms with Crippen LogP contribution in [-0.2, 0) is 4.18 Å². The maximum Gasteiger partial charge on any atom is 0.517 e. The van der Waals surface area contributed by atoms with Gasteiger partial charge in [0.05, 0.1) is 19.8 Å². The Hall–Kier alpha value is -3.32. The van der Waals surface area contributed by atoms with Gasteiger partial charge in [-0.05, 0) is 43.5 Å². The van der Waals surface area contributed by atoms with E-state index in [2.05, 4.69) is 20.8 Å². The molecule has 3 aromatic carbocycles. The quantitative estimate of drug-likeness (QED) is 0.0660. The third-order valence-electron chi connectivity index (χ3n) is 9.66. The largest absolute Gasteiger partial charge is 0.517 e. The molecule has 3 rings (SSSR count). The minimum atomic E-state index is -2.87. The molecule has 0 atom stereocenters. The monoisotopic (exact) mass is 750 g/mol. The van der Waals surface area contributed by atoms with Crippen molar-refractivity contribution in [1.82, 2.24) is 0 Å². The maximum absolute atomic E-state index is 12.8. The highest BCUT2D eigenvalue weighted by Crippen LogP contribution is 2.73. The molecule has 0 radical (unpaired) electrons. The van der Waals surface area contributed by atoms with E-state index in [1.165, 1.54) is 96.3 Å². The van der Waals surface area contributed by atoms with E-state index >= 15 is 0 Å². The van der Waals surface area contributed by atoms with E-state index < -0.39 is 16.5 Å². The molecule has 0 aliphatic carbocycles. The van der Waals surface area contributed by atoms with Gasteiger partial charge in [-0.3, -0.25) is 0 Å². The van der Waals surface area contributed by atoms with Gasteiger partial charge in [0.25, 0.3) is 0 Å². The van der Waals surface area contributed by atoms with Crippen LogP contribution in [0.3, 0.4) is 0 Å². The van der Waals surface area contributed by atoms with Crippen molar-refractivity contribution in [2.45, 2.75) is 170 Å². The number of benzene rings is 3. The van der Waals surface area contributed by atoms with Crippen molar-refractivity contribution in [3.63, 3.8) is 0 Å². The molecule has 0 bridgehead atoms. The molecule has 0 saturated heterocycles. The number of rotatable bonds is 31. The van der Waals surface area contributed by atoms with Crippen LogP contribution >= 0.6 is 10.3 Å². The molecule has 6 nitrogen and oxygen atoms in total. The van der Waals surface area contributed by atoms with Crippen molar-refractivity contribution in [3.05, 3.63) is 72.8 Å². The van der Waals surface area contributed by atoms with E-state index in [4.69, 9.17) is 18.4 Å². The normalized spacial score (nSPS) is 11.7. The third kappa shape index (κ3) is 15.9. The molecule has 0 fully saturated rings. The Labute approximate surface area is 323 Å². The number of carbonyl (C=O) groups is 1. The van der Waals surface area contributed by atoms with Crippen LogP contribution in [0.2, 0.25) is 0 Å². The lowest BCUT2D eigenvalue weighted by Gasteiger charge is -2.40. The van der Waals surface area contributed by atoms with Gasteiger partial charge in [-0.1, -0.05) is 173 Å². The average Bonchev–Trinajstić information content (AvgIpc) is 3.17. The molecule has 0 unspecified atom stereocenters. The van der Waals surface area contributed by atoms with Crippen molar-refractivity contribution < 1.29 is 28.3 Å². The third-order valence-corrected chi connectivity index (χ3v) is 12.9. The van der Waals surface area contributed by atoms with Crippen molar-refractivity contribution >= 4 is 16.5 Å². The summed E-state index contributed by atoms with van der Waals surface area (Å²) in [6, 6.07) is 23.3. The van der Waals surface area contributed by atoms with Gasteiger partial charge in [0.2, 0.25) is 0 Å². The lowest BCUT2D eigenvalue weighted by Crippen LogP contribution is -2.15. The van der Waals surface area contributed by atoms with Gasteiger partial charge >= 0.3 is 6.16 Å². The molecule has 0 amide bonds. The van der Waals surface area contributed by atoms with E-state index in [1.54, 1.807) is 0 Å². The van der Waals surface area contributed by atoms with Gasteiger partial charge in [0.15, 0.2) is 0 Å². The first-order valence-corrected chi connectivity index (χ1v) is 22.5. The zero-order valence-corrected chi connectivity index (χ0v) is 34.1. The van der Waals surface area contributed by atoms with Gasteiger partial charge in [0, 0.05) is 32.2 Å². The summed E-state index contributed by atoms with van der Waals surface area (Å²) in [5.41, 5.74) is 0. The van der Waals surface area contributed by atoms with Crippen LogP contribution in [0, 0.1) is 0 Å². The lowest BCUT2D eigenvalue weighted by atomic mass is 10.1. The summed E-state index contributed by atoms with van der Waals surface area (Å²) >= 11 is 0. The predicted octanol–water partition coefficient (Wildman–Crippen LogP) is 15.0. The molecule has 53 heavy (non-hydrogen) atoms. The molecule has 0 aliphatic rings. The van der Waals surface area contributed by atoms with Crippen LogP contribution in [0.1, 0.15) is 156 Å². The Morgan fingerprint density at radius 3 is 1.19 bits per heavy atom. The summed E-state index contributed by atoms with van der Waals surface area (Å²) in [5, 5.41) is 10.5. The molecule has 3 aromatic rings. The number of carboxylic acid groups (broad SMARTS) is 1. The molecule has 0 saturated carbocycles. The molecule has 7 heteroatoms. The summed E-state index contributed by atoms with van der Waals surface area (Å²) in [6.07, 6.45) is 23.4. The molecule has 1 N–H and O–H groups in total. The van der Waals surface area contributed by atoms with Crippen molar-refractivity contribution in [3.8, 4) is 17.2 Å². The Balaban J connectivity index is 2.04. The molecule has 0 aromatic heterocycles. The van der Waals surface area contributed by atoms with E-state index in [-0.39, 0.29) is 0 Å². The van der Waals surface area contributed by atoms with E-state index in [9.17, 15) is 9.90 Å². The Morgan fingerprint density at radius 2 is 0.830 bits per heavy atom.